The van der Waals surface area contributed by atoms with E-state index in [-0.39, 0.29) is 11.8 Å². The highest BCUT2D eigenvalue weighted by molar-refractivity contribution is 5.79. The fourth-order valence-corrected chi connectivity index (χ4v) is 2.64. The van der Waals surface area contributed by atoms with Crippen LogP contribution >= 0.6 is 0 Å². The smallest absolute Gasteiger partial charge is 0.225 e. The fraction of sp³-hybridized carbons (Fsp3) is 0.917. The summed E-state index contributed by atoms with van der Waals surface area (Å²) in [7, 11) is 2.07. The van der Waals surface area contributed by atoms with Crippen molar-refractivity contribution in [1.29, 1.82) is 0 Å². The lowest BCUT2D eigenvalue weighted by atomic mass is 9.87. The molecule has 0 radical (unpaired) electrons. The third-order valence-electron chi connectivity index (χ3n) is 3.77. The van der Waals surface area contributed by atoms with Gasteiger partial charge in [-0.2, -0.15) is 0 Å². The molecule has 2 fully saturated rings. The second-order valence-corrected chi connectivity index (χ2v) is 5.09. The second-order valence-electron chi connectivity index (χ2n) is 5.09. The number of carbonyl (C=O) groups is 1. The minimum Gasteiger partial charge on any atom is -0.340 e. The Morgan fingerprint density at radius 1 is 1.19 bits per heavy atom. The Hall–Kier alpha value is -0.640. The summed E-state index contributed by atoms with van der Waals surface area (Å²) in [6.45, 7) is 3.50. The number of piperazine rings is 1. The van der Waals surface area contributed by atoms with Gasteiger partial charge in [0.05, 0.1) is 0 Å². The summed E-state index contributed by atoms with van der Waals surface area (Å²) in [4.78, 5) is 16.3. The topological polar surface area (TPSA) is 23.6 Å². The highest BCUT2D eigenvalue weighted by Crippen LogP contribution is 2.28. The van der Waals surface area contributed by atoms with E-state index in [4.69, 9.17) is 0 Å². The average molecular weight is 228 g/mol. The Labute approximate surface area is 96.6 Å². The Kier molecular flexibility index (Phi) is 3.79. The molecule has 0 aromatic heterocycles. The Balaban J connectivity index is 1.86. The van der Waals surface area contributed by atoms with Gasteiger partial charge in [0.2, 0.25) is 5.91 Å². The van der Waals surface area contributed by atoms with Crippen LogP contribution in [0.25, 0.3) is 0 Å². The average Bonchev–Trinajstić information content (AvgIpc) is 2.29. The van der Waals surface area contributed by atoms with Gasteiger partial charge in [-0.3, -0.25) is 4.79 Å². The molecular formula is C12H21FN2O. The van der Waals surface area contributed by atoms with Gasteiger partial charge < -0.3 is 9.80 Å². The van der Waals surface area contributed by atoms with Crippen molar-refractivity contribution in [3.8, 4) is 0 Å². The molecule has 2 atom stereocenters. The number of halogens is 1. The van der Waals surface area contributed by atoms with Crippen molar-refractivity contribution in [2.45, 2.75) is 31.9 Å². The molecule has 0 spiro atoms. The molecule has 0 bridgehead atoms. The molecule has 1 aliphatic carbocycles. The van der Waals surface area contributed by atoms with Gasteiger partial charge in [-0.15, -0.1) is 0 Å². The van der Waals surface area contributed by atoms with Crippen LogP contribution in [0.5, 0.6) is 0 Å². The zero-order chi connectivity index (χ0) is 11.5. The second kappa shape index (κ2) is 5.13. The van der Waals surface area contributed by atoms with E-state index in [1.807, 2.05) is 4.90 Å². The van der Waals surface area contributed by atoms with E-state index < -0.39 is 6.17 Å². The first-order chi connectivity index (χ1) is 7.66. The number of rotatable bonds is 1. The Morgan fingerprint density at radius 3 is 2.50 bits per heavy atom. The summed E-state index contributed by atoms with van der Waals surface area (Å²) in [5, 5.41) is 0. The number of carbonyl (C=O) groups excluding carboxylic acids is 1. The van der Waals surface area contributed by atoms with Gasteiger partial charge in [0.15, 0.2) is 0 Å². The van der Waals surface area contributed by atoms with Crippen molar-refractivity contribution < 1.29 is 9.18 Å². The molecule has 1 aliphatic heterocycles. The SMILES string of the molecule is CN1CCN(C(=O)[C@@H]2CCC[C@H](F)C2)CC1. The molecule has 92 valence electrons. The number of likely N-dealkylation sites (N-methyl/N-ethyl adjacent to an activating group) is 1. The number of hydrogen-bond acceptors (Lipinski definition) is 2. The first-order valence-corrected chi connectivity index (χ1v) is 6.28. The van der Waals surface area contributed by atoms with Gasteiger partial charge in [-0.05, 0) is 32.7 Å². The van der Waals surface area contributed by atoms with Crippen LogP contribution in [0.4, 0.5) is 4.39 Å². The summed E-state index contributed by atoms with van der Waals surface area (Å²) in [5.74, 6) is 0.141. The molecule has 1 saturated carbocycles. The summed E-state index contributed by atoms with van der Waals surface area (Å²) in [6, 6.07) is 0. The van der Waals surface area contributed by atoms with Gasteiger partial charge >= 0.3 is 0 Å². The largest absolute Gasteiger partial charge is 0.340 e. The predicted octanol–water partition coefficient (Wildman–Crippen LogP) is 1.29. The van der Waals surface area contributed by atoms with Gasteiger partial charge in [-0.1, -0.05) is 0 Å². The molecule has 1 saturated heterocycles. The van der Waals surface area contributed by atoms with Crippen LogP contribution in [0.3, 0.4) is 0 Å². The van der Waals surface area contributed by atoms with E-state index in [2.05, 4.69) is 11.9 Å². The van der Waals surface area contributed by atoms with Crippen LogP contribution in [-0.4, -0.2) is 55.1 Å². The zero-order valence-corrected chi connectivity index (χ0v) is 9.99. The maximum absolute atomic E-state index is 13.2. The zero-order valence-electron chi connectivity index (χ0n) is 9.99. The summed E-state index contributed by atoms with van der Waals surface area (Å²) >= 11 is 0. The lowest BCUT2D eigenvalue weighted by Crippen LogP contribution is -2.49. The molecule has 4 heteroatoms. The third-order valence-corrected chi connectivity index (χ3v) is 3.77. The van der Waals surface area contributed by atoms with E-state index in [9.17, 15) is 9.18 Å². The lowest BCUT2D eigenvalue weighted by molar-refractivity contribution is -0.138. The van der Waals surface area contributed by atoms with Crippen LogP contribution < -0.4 is 0 Å². The first-order valence-electron chi connectivity index (χ1n) is 6.28. The molecule has 3 nitrogen and oxygen atoms in total. The number of alkyl halides is 1. The normalized spacial score (nSPS) is 32.8. The molecule has 2 aliphatic rings. The van der Waals surface area contributed by atoms with Crippen molar-refractivity contribution in [3.05, 3.63) is 0 Å². The van der Waals surface area contributed by atoms with Gasteiger partial charge in [0, 0.05) is 32.1 Å². The van der Waals surface area contributed by atoms with E-state index >= 15 is 0 Å². The number of nitrogens with zero attached hydrogens (tertiary/aromatic N) is 2. The number of amides is 1. The van der Waals surface area contributed by atoms with Crippen LogP contribution in [0.2, 0.25) is 0 Å². The maximum atomic E-state index is 13.2. The molecule has 0 aromatic rings. The maximum Gasteiger partial charge on any atom is 0.225 e. The van der Waals surface area contributed by atoms with Crippen LogP contribution in [0.15, 0.2) is 0 Å². The van der Waals surface area contributed by atoms with Crippen molar-refractivity contribution >= 4 is 5.91 Å². The van der Waals surface area contributed by atoms with Crippen LogP contribution in [0.1, 0.15) is 25.7 Å². The van der Waals surface area contributed by atoms with Crippen molar-refractivity contribution in [3.63, 3.8) is 0 Å². The molecular weight excluding hydrogens is 207 g/mol. The monoisotopic (exact) mass is 228 g/mol. The standard InChI is InChI=1S/C12H21FN2O/c1-14-5-7-15(8-6-14)12(16)10-3-2-4-11(13)9-10/h10-11H,2-9H2,1H3/t10-,11+/m1/s1. The highest BCUT2D eigenvalue weighted by atomic mass is 19.1. The molecule has 1 heterocycles. The van der Waals surface area contributed by atoms with Gasteiger partial charge in [0.25, 0.3) is 0 Å². The fourth-order valence-electron chi connectivity index (χ4n) is 2.64. The quantitative estimate of drug-likeness (QED) is 0.675. The van der Waals surface area contributed by atoms with E-state index in [1.165, 1.54) is 0 Å². The van der Waals surface area contributed by atoms with Gasteiger partial charge in [0.1, 0.15) is 6.17 Å². The summed E-state index contributed by atoms with van der Waals surface area (Å²) in [5.41, 5.74) is 0. The third kappa shape index (κ3) is 2.73. The van der Waals surface area contributed by atoms with Crippen molar-refractivity contribution in [2.24, 2.45) is 5.92 Å². The lowest BCUT2D eigenvalue weighted by Gasteiger charge is -2.36. The van der Waals surface area contributed by atoms with Crippen LogP contribution in [0, 0.1) is 5.92 Å². The molecule has 1 amide bonds. The first kappa shape index (κ1) is 11.8. The van der Waals surface area contributed by atoms with E-state index in [0.717, 1.165) is 39.0 Å². The Bertz CT molecular complexity index is 251. The molecule has 2 rings (SSSR count). The van der Waals surface area contributed by atoms with E-state index in [0.29, 0.717) is 12.8 Å². The van der Waals surface area contributed by atoms with E-state index in [1.54, 1.807) is 0 Å². The molecule has 0 unspecified atom stereocenters. The summed E-state index contributed by atoms with van der Waals surface area (Å²) < 4.78 is 13.2. The van der Waals surface area contributed by atoms with Crippen molar-refractivity contribution in [1.82, 2.24) is 9.80 Å². The molecule has 16 heavy (non-hydrogen) atoms. The summed E-state index contributed by atoms with van der Waals surface area (Å²) in [6.07, 6.45) is 2.09. The van der Waals surface area contributed by atoms with Crippen molar-refractivity contribution in [2.75, 3.05) is 33.2 Å². The highest BCUT2D eigenvalue weighted by Gasteiger charge is 2.31. The Morgan fingerprint density at radius 2 is 1.88 bits per heavy atom. The molecule has 0 N–H and O–H groups in total. The minimum atomic E-state index is -0.754. The molecule has 0 aromatic carbocycles. The number of hydrogen-bond donors (Lipinski definition) is 0. The van der Waals surface area contributed by atoms with Gasteiger partial charge in [-0.25, -0.2) is 4.39 Å². The van der Waals surface area contributed by atoms with Crippen LogP contribution in [-0.2, 0) is 4.79 Å². The minimum absolute atomic E-state index is 0.0489. The predicted molar refractivity (Wildman–Crippen MR) is 60.9 cm³/mol.